The lowest BCUT2D eigenvalue weighted by Crippen LogP contribution is -2.53. The van der Waals surface area contributed by atoms with Gasteiger partial charge >= 0.3 is 0 Å². The zero-order chi connectivity index (χ0) is 12.6. The average molecular weight is 245 g/mol. The van der Waals surface area contributed by atoms with Crippen molar-refractivity contribution in [2.24, 2.45) is 0 Å². The second kappa shape index (κ2) is 2.98. The molecule has 2 heterocycles. The normalized spacial score (nSPS) is 42.9. The van der Waals surface area contributed by atoms with E-state index in [0.29, 0.717) is 0 Å². The molecule has 1 aromatic carbocycles. The standard InChI is InChI=1S/C15H19NO2/c1-4-14-12(18-14)10-7-5-6-8-11(10)15(14)16-13(2,3)9-17-15/h5-8,12,16H,4,9H2,1-3H3/t12-,14-,15-/m1/s1. The number of hydrogen-bond donors (Lipinski definition) is 1. The van der Waals surface area contributed by atoms with Crippen molar-refractivity contribution in [3.63, 3.8) is 0 Å². The largest absolute Gasteiger partial charge is 0.356 e. The third-order valence-corrected chi connectivity index (χ3v) is 4.60. The van der Waals surface area contributed by atoms with Gasteiger partial charge in [0.25, 0.3) is 0 Å². The Hall–Kier alpha value is -0.900. The third-order valence-electron chi connectivity index (χ3n) is 4.60. The lowest BCUT2D eigenvalue weighted by atomic mass is 9.91. The predicted molar refractivity (Wildman–Crippen MR) is 68.1 cm³/mol. The van der Waals surface area contributed by atoms with Gasteiger partial charge in [0.2, 0.25) is 0 Å². The van der Waals surface area contributed by atoms with E-state index in [2.05, 4.69) is 50.4 Å². The first-order valence-electron chi connectivity index (χ1n) is 6.75. The fourth-order valence-corrected chi connectivity index (χ4v) is 3.76. The summed E-state index contributed by atoms with van der Waals surface area (Å²) in [5.41, 5.74) is 1.94. The molecule has 18 heavy (non-hydrogen) atoms. The van der Waals surface area contributed by atoms with E-state index in [4.69, 9.17) is 9.47 Å². The molecule has 1 N–H and O–H groups in total. The van der Waals surface area contributed by atoms with Crippen molar-refractivity contribution in [1.29, 1.82) is 0 Å². The Balaban J connectivity index is 1.91. The number of epoxide rings is 1. The van der Waals surface area contributed by atoms with Gasteiger partial charge in [-0.05, 0) is 25.8 Å². The quantitative estimate of drug-likeness (QED) is 0.772. The summed E-state index contributed by atoms with van der Waals surface area (Å²) in [6.07, 6.45) is 1.18. The highest BCUT2D eigenvalue weighted by Gasteiger charge is 2.77. The summed E-state index contributed by atoms with van der Waals surface area (Å²) in [5.74, 6) is 0. The number of rotatable bonds is 1. The highest BCUT2D eigenvalue weighted by atomic mass is 16.7. The van der Waals surface area contributed by atoms with Gasteiger partial charge < -0.3 is 9.47 Å². The summed E-state index contributed by atoms with van der Waals surface area (Å²) in [7, 11) is 0. The summed E-state index contributed by atoms with van der Waals surface area (Å²) >= 11 is 0. The zero-order valence-electron chi connectivity index (χ0n) is 11.1. The maximum absolute atomic E-state index is 6.26. The molecule has 2 aliphatic heterocycles. The molecule has 4 rings (SSSR count). The van der Waals surface area contributed by atoms with Crippen molar-refractivity contribution in [2.75, 3.05) is 6.61 Å². The van der Waals surface area contributed by atoms with Crippen LogP contribution in [0, 0.1) is 0 Å². The first-order chi connectivity index (χ1) is 8.55. The van der Waals surface area contributed by atoms with E-state index in [0.717, 1.165) is 13.0 Å². The third kappa shape index (κ3) is 1.03. The van der Waals surface area contributed by atoms with Crippen LogP contribution in [-0.4, -0.2) is 17.7 Å². The van der Waals surface area contributed by atoms with Gasteiger partial charge in [0, 0.05) is 11.1 Å². The molecule has 0 saturated carbocycles. The number of hydrogen-bond acceptors (Lipinski definition) is 3. The Morgan fingerprint density at radius 3 is 2.78 bits per heavy atom. The average Bonchev–Trinajstić information content (AvgIpc) is 2.97. The van der Waals surface area contributed by atoms with Crippen molar-refractivity contribution in [1.82, 2.24) is 5.32 Å². The van der Waals surface area contributed by atoms with Crippen LogP contribution in [0.5, 0.6) is 0 Å². The molecule has 3 nitrogen and oxygen atoms in total. The maximum Gasteiger partial charge on any atom is 0.178 e. The van der Waals surface area contributed by atoms with Gasteiger partial charge in [-0.25, -0.2) is 0 Å². The monoisotopic (exact) mass is 245 g/mol. The van der Waals surface area contributed by atoms with Crippen molar-refractivity contribution in [2.45, 2.75) is 50.2 Å². The molecule has 0 unspecified atom stereocenters. The number of benzene rings is 1. The van der Waals surface area contributed by atoms with Crippen LogP contribution in [-0.2, 0) is 15.2 Å². The molecule has 0 amide bonds. The minimum absolute atomic E-state index is 0.00385. The summed E-state index contributed by atoms with van der Waals surface area (Å²) in [5, 5.41) is 3.70. The molecule has 1 aromatic rings. The van der Waals surface area contributed by atoms with E-state index in [1.807, 2.05) is 0 Å². The van der Waals surface area contributed by atoms with E-state index >= 15 is 0 Å². The second-order valence-corrected chi connectivity index (χ2v) is 6.31. The number of fused-ring (bicyclic) bond motifs is 5. The van der Waals surface area contributed by atoms with Crippen LogP contribution in [0.25, 0.3) is 0 Å². The summed E-state index contributed by atoms with van der Waals surface area (Å²) in [4.78, 5) is 0. The molecule has 2 fully saturated rings. The van der Waals surface area contributed by atoms with Crippen LogP contribution in [0.4, 0.5) is 0 Å². The molecule has 3 atom stereocenters. The van der Waals surface area contributed by atoms with E-state index in [1.54, 1.807) is 0 Å². The van der Waals surface area contributed by atoms with Gasteiger partial charge in [-0.2, -0.15) is 0 Å². The molecule has 1 spiro atoms. The predicted octanol–water partition coefficient (Wildman–Crippen LogP) is 2.47. The van der Waals surface area contributed by atoms with Crippen LogP contribution in [0.2, 0.25) is 0 Å². The summed E-state index contributed by atoms with van der Waals surface area (Å²) in [6, 6.07) is 8.52. The lowest BCUT2D eigenvalue weighted by molar-refractivity contribution is -0.0794. The molecule has 3 heteroatoms. The Bertz CT molecular complexity index is 527. The summed E-state index contributed by atoms with van der Waals surface area (Å²) in [6.45, 7) is 7.27. The molecular weight excluding hydrogens is 226 g/mol. The maximum atomic E-state index is 6.26. The Labute approximate surface area is 107 Å². The lowest BCUT2D eigenvalue weighted by Gasteiger charge is -2.34. The number of ether oxygens (including phenoxy) is 2. The molecule has 2 saturated heterocycles. The Morgan fingerprint density at radius 1 is 1.33 bits per heavy atom. The highest BCUT2D eigenvalue weighted by Crippen LogP contribution is 2.69. The molecule has 0 bridgehead atoms. The van der Waals surface area contributed by atoms with Gasteiger partial charge in [0.1, 0.15) is 11.7 Å². The second-order valence-electron chi connectivity index (χ2n) is 6.31. The minimum atomic E-state index is -0.438. The van der Waals surface area contributed by atoms with Gasteiger partial charge in [-0.3, -0.25) is 5.32 Å². The highest BCUT2D eigenvalue weighted by molar-refractivity contribution is 5.50. The van der Waals surface area contributed by atoms with Crippen molar-refractivity contribution in [3.8, 4) is 0 Å². The molecule has 96 valence electrons. The van der Waals surface area contributed by atoms with Gasteiger partial charge in [0.05, 0.1) is 6.61 Å². The van der Waals surface area contributed by atoms with Crippen LogP contribution >= 0.6 is 0 Å². The van der Waals surface area contributed by atoms with Crippen LogP contribution in [0.3, 0.4) is 0 Å². The van der Waals surface area contributed by atoms with E-state index < -0.39 is 5.72 Å². The minimum Gasteiger partial charge on any atom is -0.356 e. The van der Waals surface area contributed by atoms with Gasteiger partial charge in [-0.15, -0.1) is 0 Å². The van der Waals surface area contributed by atoms with Crippen molar-refractivity contribution in [3.05, 3.63) is 35.4 Å². The van der Waals surface area contributed by atoms with Crippen LogP contribution in [0.1, 0.15) is 44.4 Å². The van der Waals surface area contributed by atoms with Gasteiger partial charge in [0.15, 0.2) is 5.72 Å². The fourth-order valence-electron chi connectivity index (χ4n) is 3.76. The van der Waals surface area contributed by atoms with E-state index in [1.165, 1.54) is 11.1 Å². The van der Waals surface area contributed by atoms with Crippen LogP contribution in [0.15, 0.2) is 24.3 Å². The zero-order valence-corrected chi connectivity index (χ0v) is 11.1. The van der Waals surface area contributed by atoms with Crippen LogP contribution < -0.4 is 5.32 Å². The van der Waals surface area contributed by atoms with Gasteiger partial charge in [-0.1, -0.05) is 31.2 Å². The molecule has 0 radical (unpaired) electrons. The van der Waals surface area contributed by atoms with Crippen molar-refractivity contribution >= 4 is 0 Å². The van der Waals surface area contributed by atoms with E-state index in [9.17, 15) is 0 Å². The SMILES string of the molecule is CC[C@@]12O[C@@H]1c1ccccc1[C@]21NC(C)(C)CO1. The van der Waals surface area contributed by atoms with Crippen molar-refractivity contribution < 1.29 is 9.47 Å². The molecular formula is C15H19NO2. The first-order valence-corrected chi connectivity index (χ1v) is 6.75. The summed E-state index contributed by atoms with van der Waals surface area (Å²) < 4.78 is 12.3. The fraction of sp³-hybridized carbons (Fsp3) is 0.600. The first kappa shape index (κ1) is 11.0. The van der Waals surface area contributed by atoms with E-state index in [-0.39, 0.29) is 17.2 Å². The molecule has 0 aromatic heterocycles. The topological polar surface area (TPSA) is 33.8 Å². The molecule has 1 aliphatic carbocycles. The Morgan fingerprint density at radius 2 is 2.11 bits per heavy atom. The number of nitrogens with one attached hydrogen (secondary N) is 1. The molecule has 3 aliphatic rings. The smallest absolute Gasteiger partial charge is 0.178 e. The Kier molecular flexibility index (Phi) is 1.82.